The van der Waals surface area contributed by atoms with Gasteiger partial charge in [-0.25, -0.2) is 9.97 Å². The van der Waals surface area contributed by atoms with E-state index in [9.17, 15) is 0 Å². The highest BCUT2D eigenvalue weighted by Crippen LogP contribution is 2.36. The second-order valence-corrected chi connectivity index (χ2v) is 6.96. The molecule has 0 saturated heterocycles. The van der Waals surface area contributed by atoms with Crippen molar-refractivity contribution in [2.75, 3.05) is 11.9 Å². The summed E-state index contributed by atoms with van der Waals surface area (Å²) < 4.78 is 0. The molecule has 0 fully saturated rings. The Morgan fingerprint density at radius 1 is 1.18 bits per heavy atom. The Morgan fingerprint density at radius 3 is 2.68 bits per heavy atom. The summed E-state index contributed by atoms with van der Waals surface area (Å²) in [7, 11) is 0. The van der Waals surface area contributed by atoms with Gasteiger partial charge in [0.25, 0.3) is 0 Å². The van der Waals surface area contributed by atoms with Crippen LogP contribution in [0.3, 0.4) is 0 Å². The van der Waals surface area contributed by atoms with Crippen LogP contribution in [0.15, 0.2) is 36.0 Å². The zero-order valence-electron chi connectivity index (χ0n) is 12.6. The second kappa shape index (κ2) is 6.63. The number of rotatable bonds is 5. The van der Waals surface area contributed by atoms with Crippen molar-refractivity contribution in [1.29, 1.82) is 0 Å². The maximum absolute atomic E-state index is 5.99. The Hall–Kier alpha value is -1.65. The van der Waals surface area contributed by atoms with E-state index in [0.717, 1.165) is 45.1 Å². The van der Waals surface area contributed by atoms with Gasteiger partial charge in [0.2, 0.25) is 0 Å². The van der Waals surface area contributed by atoms with Gasteiger partial charge in [-0.2, -0.15) is 0 Å². The van der Waals surface area contributed by atoms with E-state index in [1.807, 2.05) is 24.3 Å². The zero-order valence-corrected chi connectivity index (χ0v) is 14.2. The first-order valence-electron chi connectivity index (χ1n) is 7.37. The van der Waals surface area contributed by atoms with Gasteiger partial charge in [0.1, 0.15) is 17.0 Å². The third-order valence-electron chi connectivity index (χ3n) is 3.54. The Morgan fingerprint density at radius 2 is 1.95 bits per heavy atom. The molecular formula is C17H18ClN3S. The summed E-state index contributed by atoms with van der Waals surface area (Å²) in [6.07, 6.45) is 2.74. The van der Waals surface area contributed by atoms with Crippen LogP contribution in [-0.2, 0) is 0 Å². The molecule has 114 valence electrons. The molecule has 2 aromatic heterocycles. The van der Waals surface area contributed by atoms with Crippen molar-refractivity contribution in [3.05, 3.63) is 41.0 Å². The lowest BCUT2D eigenvalue weighted by Crippen LogP contribution is -2.06. The summed E-state index contributed by atoms with van der Waals surface area (Å²) in [4.78, 5) is 9.83. The smallest absolute Gasteiger partial charge is 0.138 e. The maximum atomic E-state index is 5.99. The van der Waals surface area contributed by atoms with Gasteiger partial charge in [-0.05, 0) is 30.0 Å². The lowest BCUT2D eigenvalue weighted by Gasteiger charge is -2.09. The van der Waals surface area contributed by atoms with Gasteiger partial charge in [0.05, 0.1) is 5.39 Å². The molecule has 3 aromatic rings. The standard InChI is InChI=1S/C17H18ClN3S/c1-11(2)7-8-19-16-15-14(9-22-17(15)21-10-20-16)12-3-5-13(18)6-4-12/h3-6,9-11H,7-8H2,1-2H3,(H,19,20,21). The van der Waals surface area contributed by atoms with Gasteiger partial charge in [-0.15, -0.1) is 11.3 Å². The molecule has 0 unspecified atom stereocenters. The predicted octanol–water partition coefficient (Wildman–Crippen LogP) is 5.47. The van der Waals surface area contributed by atoms with Crippen LogP contribution in [-0.4, -0.2) is 16.5 Å². The topological polar surface area (TPSA) is 37.8 Å². The van der Waals surface area contributed by atoms with Gasteiger partial charge in [-0.3, -0.25) is 0 Å². The summed E-state index contributed by atoms with van der Waals surface area (Å²) in [6, 6.07) is 7.90. The van der Waals surface area contributed by atoms with Crippen molar-refractivity contribution in [2.24, 2.45) is 5.92 Å². The highest BCUT2D eigenvalue weighted by molar-refractivity contribution is 7.17. The molecule has 0 saturated carbocycles. The monoisotopic (exact) mass is 331 g/mol. The number of benzene rings is 1. The first-order chi connectivity index (χ1) is 10.6. The van der Waals surface area contributed by atoms with E-state index in [4.69, 9.17) is 11.6 Å². The highest BCUT2D eigenvalue weighted by atomic mass is 35.5. The third kappa shape index (κ3) is 3.23. The van der Waals surface area contributed by atoms with Crippen LogP contribution < -0.4 is 5.32 Å². The van der Waals surface area contributed by atoms with Crippen LogP contribution >= 0.6 is 22.9 Å². The van der Waals surface area contributed by atoms with Crippen LogP contribution in [0.25, 0.3) is 21.3 Å². The molecule has 0 bridgehead atoms. The van der Waals surface area contributed by atoms with E-state index in [1.165, 1.54) is 0 Å². The number of hydrogen-bond acceptors (Lipinski definition) is 4. The van der Waals surface area contributed by atoms with Crippen molar-refractivity contribution in [1.82, 2.24) is 9.97 Å². The van der Waals surface area contributed by atoms with Gasteiger partial charge in [-0.1, -0.05) is 37.6 Å². The fourth-order valence-corrected chi connectivity index (χ4v) is 3.37. The molecule has 5 heteroatoms. The lowest BCUT2D eigenvalue weighted by atomic mass is 10.1. The Bertz CT molecular complexity index is 765. The number of aromatic nitrogens is 2. The van der Waals surface area contributed by atoms with E-state index >= 15 is 0 Å². The van der Waals surface area contributed by atoms with Crippen LogP contribution in [0, 0.1) is 5.92 Å². The van der Waals surface area contributed by atoms with E-state index in [2.05, 4.69) is 34.5 Å². The average molecular weight is 332 g/mol. The quantitative estimate of drug-likeness (QED) is 0.673. The normalized spacial score (nSPS) is 11.3. The third-order valence-corrected chi connectivity index (χ3v) is 4.68. The fraction of sp³-hybridized carbons (Fsp3) is 0.294. The Balaban J connectivity index is 1.99. The minimum atomic E-state index is 0.669. The lowest BCUT2D eigenvalue weighted by molar-refractivity contribution is 0.607. The van der Waals surface area contributed by atoms with Gasteiger partial charge in [0, 0.05) is 22.5 Å². The van der Waals surface area contributed by atoms with E-state index in [-0.39, 0.29) is 0 Å². The molecular weight excluding hydrogens is 314 g/mol. The SMILES string of the molecule is CC(C)CCNc1ncnc2scc(-c3ccc(Cl)cc3)c12. The Kier molecular flexibility index (Phi) is 4.60. The number of thiophene rings is 1. The number of nitrogens with zero attached hydrogens (tertiary/aromatic N) is 2. The van der Waals surface area contributed by atoms with Gasteiger partial charge < -0.3 is 5.32 Å². The van der Waals surface area contributed by atoms with Crippen molar-refractivity contribution in [3.8, 4) is 11.1 Å². The average Bonchev–Trinajstić information content (AvgIpc) is 2.93. The number of halogens is 1. The van der Waals surface area contributed by atoms with Crippen molar-refractivity contribution >= 4 is 39.0 Å². The molecule has 0 amide bonds. The zero-order chi connectivity index (χ0) is 15.5. The van der Waals surface area contributed by atoms with E-state index < -0.39 is 0 Å². The predicted molar refractivity (Wildman–Crippen MR) is 95.8 cm³/mol. The summed E-state index contributed by atoms with van der Waals surface area (Å²) in [6.45, 7) is 5.36. The first-order valence-corrected chi connectivity index (χ1v) is 8.63. The van der Waals surface area contributed by atoms with Gasteiger partial charge >= 0.3 is 0 Å². The molecule has 3 nitrogen and oxygen atoms in total. The fourth-order valence-electron chi connectivity index (χ4n) is 2.33. The number of nitrogens with one attached hydrogen (secondary N) is 1. The molecule has 0 radical (unpaired) electrons. The minimum Gasteiger partial charge on any atom is -0.369 e. The summed E-state index contributed by atoms with van der Waals surface area (Å²) >= 11 is 7.63. The molecule has 0 aliphatic heterocycles. The van der Waals surface area contributed by atoms with Crippen molar-refractivity contribution in [2.45, 2.75) is 20.3 Å². The highest BCUT2D eigenvalue weighted by Gasteiger charge is 2.12. The molecule has 1 N–H and O–H groups in total. The molecule has 1 aromatic carbocycles. The summed E-state index contributed by atoms with van der Waals surface area (Å²) in [5, 5.41) is 7.43. The van der Waals surface area contributed by atoms with E-state index in [1.54, 1.807) is 17.7 Å². The van der Waals surface area contributed by atoms with Crippen molar-refractivity contribution in [3.63, 3.8) is 0 Å². The summed E-state index contributed by atoms with van der Waals surface area (Å²) in [5.41, 5.74) is 2.29. The second-order valence-electron chi connectivity index (χ2n) is 5.67. The molecule has 2 heterocycles. The van der Waals surface area contributed by atoms with E-state index in [0.29, 0.717) is 5.92 Å². The van der Waals surface area contributed by atoms with Gasteiger partial charge in [0.15, 0.2) is 0 Å². The minimum absolute atomic E-state index is 0.669. The van der Waals surface area contributed by atoms with Crippen molar-refractivity contribution < 1.29 is 0 Å². The van der Waals surface area contributed by atoms with Crippen LogP contribution in [0.2, 0.25) is 5.02 Å². The van der Waals surface area contributed by atoms with Crippen LogP contribution in [0.4, 0.5) is 5.82 Å². The maximum Gasteiger partial charge on any atom is 0.138 e. The number of hydrogen-bond donors (Lipinski definition) is 1. The largest absolute Gasteiger partial charge is 0.369 e. The molecule has 0 aliphatic carbocycles. The van der Waals surface area contributed by atoms with Crippen LogP contribution in [0.1, 0.15) is 20.3 Å². The van der Waals surface area contributed by atoms with Crippen LogP contribution in [0.5, 0.6) is 0 Å². The Labute approximate surface area is 139 Å². The molecule has 0 aliphatic rings. The summed E-state index contributed by atoms with van der Waals surface area (Å²) in [5.74, 6) is 1.58. The molecule has 0 atom stereocenters. The molecule has 22 heavy (non-hydrogen) atoms. The first kappa shape index (κ1) is 15.3. The molecule has 0 spiro atoms. The number of fused-ring (bicyclic) bond motifs is 1. The molecule has 3 rings (SSSR count). The number of anilines is 1.